The number of ketones is 1. The summed E-state index contributed by atoms with van der Waals surface area (Å²) in [6.07, 6.45) is -4.44. The summed E-state index contributed by atoms with van der Waals surface area (Å²) in [5, 5.41) is 58.3. The molecular weight excluding hydrogens is 424 g/mol. The van der Waals surface area contributed by atoms with Crippen molar-refractivity contribution >= 4 is 11.9 Å². The third-order valence-corrected chi connectivity index (χ3v) is 4.95. The van der Waals surface area contributed by atoms with Gasteiger partial charge in [-0.15, -0.1) is 0 Å². The van der Waals surface area contributed by atoms with Gasteiger partial charge in [0, 0.05) is 6.07 Å². The van der Waals surface area contributed by atoms with E-state index in [-0.39, 0.29) is 28.6 Å². The highest BCUT2D eigenvalue weighted by molar-refractivity contribution is 6.08. The number of phenolic OH excluding ortho intramolecular Hbond substituents is 2. The van der Waals surface area contributed by atoms with Crippen molar-refractivity contribution in [1.82, 2.24) is 0 Å². The van der Waals surface area contributed by atoms with Gasteiger partial charge >= 0.3 is 0 Å². The smallest absolute Gasteiger partial charge is 0.229 e. The summed E-state index contributed by atoms with van der Waals surface area (Å²) >= 11 is 0. The maximum Gasteiger partial charge on any atom is 0.229 e. The van der Waals surface area contributed by atoms with Gasteiger partial charge in [-0.05, 0) is 35.9 Å². The van der Waals surface area contributed by atoms with Gasteiger partial charge in [0.25, 0.3) is 0 Å². The molecule has 6 N–H and O–H groups in total. The molecule has 0 amide bonds. The zero-order valence-corrected chi connectivity index (χ0v) is 17.0. The summed E-state index contributed by atoms with van der Waals surface area (Å²) in [6.45, 7) is -0.587. The van der Waals surface area contributed by atoms with E-state index >= 15 is 0 Å². The molecule has 0 bridgehead atoms. The molecule has 0 unspecified atom stereocenters. The van der Waals surface area contributed by atoms with Crippen molar-refractivity contribution < 1.29 is 49.6 Å². The van der Waals surface area contributed by atoms with Gasteiger partial charge in [0.2, 0.25) is 6.29 Å². The van der Waals surface area contributed by atoms with Crippen LogP contribution in [0.5, 0.6) is 23.0 Å². The second kappa shape index (κ2) is 9.98. The number of aliphatic hydroxyl groups excluding tert-OH is 4. The molecular formula is C22H24O10. The summed E-state index contributed by atoms with van der Waals surface area (Å²) in [4.78, 5) is 12.3. The van der Waals surface area contributed by atoms with E-state index in [1.54, 1.807) is 12.1 Å². The number of rotatable bonds is 7. The van der Waals surface area contributed by atoms with Crippen molar-refractivity contribution in [3.63, 3.8) is 0 Å². The molecule has 1 heterocycles. The number of allylic oxidation sites excluding steroid dienone is 1. The van der Waals surface area contributed by atoms with Crippen LogP contribution in [0.4, 0.5) is 0 Å². The summed E-state index contributed by atoms with van der Waals surface area (Å²) < 4.78 is 16.2. The van der Waals surface area contributed by atoms with E-state index in [2.05, 4.69) is 0 Å². The number of ether oxygens (including phenoxy) is 3. The van der Waals surface area contributed by atoms with Gasteiger partial charge in [-0.25, -0.2) is 0 Å². The first-order valence-corrected chi connectivity index (χ1v) is 9.64. The van der Waals surface area contributed by atoms with Crippen LogP contribution in [0.2, 0.25) is 0 Å². The highest BCUT2D eigenvalue weighted by Crippen LogP contribution is 2.32. The van der Waals surface area contributed by atoms with Crippen LogP contribution in [0.25, 0.3) is 6.08 Å². The molecule has 5 atom stereocenters. The Morgan fingerprint density at radius 3 is 2.44 bits per heavy atom. The summed E-state index contributed by atoms with van der Waals surface area (Å²) in [5.41, 5.74) is 0.572. The van der Waals surface area contributed by atoms with E-state index in [0.29, 0.717) is 5.56 Å². The second-order valence-corrected chi connectivity index (χ2v) is 7.12. The molecule has 3 rings (SSSR count). The molecule has 32 heavy (non-hydrogen) atoms. The molecule has 10 heteroatoms. The molecule has 172 valence electrons. The van der Waals surface area contributed by atoms with Crippen molar-refractivity contribution in [3.05, 3.63) is 53.6 Å². The SMILES string of the molecule is COc1cc(/C=C/C(=O)c2ccc(O)cc2O)ccc1O[C@@H]1O[C@H](CO)[C@@H](O)[C@H](O)[C@H]1O. The minimum Gasteiger partial charge on any atom is -0.508 e. The molecule has 2 aromatic rings. The maximum absolute atomic E-state index is 12.3. The van der Waals surface area contributed by atoms with E-state index < -0.39 is 43.1 Å². The van der Waals surface area contributed by atoms with Crippen molar-refractivity contribution in [1.29, 1.82) is 0 Å². The van der Waals surface area contributed by atoms with Crippen LogP contribution >= 0.6 is 0 Å². The molecule has 2 aromatic carbocycles. The summed E-state index contributed by atoms with van der Waals surface area (Å²) in [5.74, 6) is -0.619. The molecule has 0 aliphatic carbocycles. The van der Waals surface area contributed by atoms with E-state index in [4.69, 9.17) is 14.2 Å². The number of hydrogen-bond acceptors (Lipinski definition) is 10. The summed E-state index contributed by atoms with van der Waals surface area (Å²) in [7, 11) is 1.38. The molecule has 10 nitrogen and oxygen atoms in total. The topological polar surface area (TPSA) is 166 Å². The predicted octanol–water partition coefficient (Wildman–Crippen LogP) is 0.181. The Balaban J connectivity index is 1.76. The Hall–Kier alpha value is -3.15. The van der Waals surface area contributed by atoms with Crippen LogP contribution in [0.15, 0.2) is 42.5 Å². The van der Waals surface area contributed by atoms with Gasteiger partial charge in [0.1, 0.15) is 35.9 Å². The van der Waals surface area contributed by atoms with Gasteiger partial charge in [-0.1, -0.05) is 12.1 Å². The average Bonchev–Trinajstić information content (AvgIpc) is 2.78. The lowest BCUT2D eigenvalue weighted by molar-refractivity contribution is -0.277. The zero-order chi connectivity index (χ0) is 23.4. The monoisotopic (exact) mass is 448 g/mol. The normalized spacial score (nSPS) is 25.6. The first-order valence-electron chi connectivity index (χ1n) is 9.64. The number of phenols is 2. The van der Waals surface area contributed by atoms with Crippen LogP contribution in [0.3, 0.4) is 0 Å². The fourth-order valence-corrected chi connectivity index (χ4v) is 3.17. The van der Waals surface area contributed by atoms with Crippen LogP contribution < -0.4 is 9.47 Å². The molecule has 0 aromatic heterocycles. The van der Waals surface area contributed by atoms with Crippen LogP contribution in [0.1, 0.15) is 15.9 Å². The fraction of sp³-hybridized carbons (Fsp3) is 0.318. The number of carbonyl (C=O) groups is 1. The number of methoxy groups -OCH3 is 1. The molecule has 1 aliphatic rings. The van der Waals surface area contributed by atoms with Gasteiger partial charge in [-0.3, -0.25) is 4.79 Å². The Morgan fingerprint density at radius 2 is 1.78 bits per heavy atom. The number of hydrogen-bond donors (Lipinski definition) is 6. The average molecular weight is 448 g/mol. The lowest BCUT2D eigenvalue weighted by Gasteiger charge is -2.39. The predicted molar refractivity (Wildman–Crippen MR) is 111 cm³/mol. The molecule has 1 aliphatic heterocycles. The lowest BCUT2D eigenvalue weighted by Crippen LogP contribution is -2.60. The maximum atomic E-state index is 12.3. The van der Waals surface area contributed by atoms with Crippen LogP contribution in [-0.4, -0.2) is 80.8 Å². The number of aliphatic hydroxyl groups is 4. The third-order valence-electron chi connectivity index (χ3n) is 4.95. The molecule has 0 radical (unpaired) electrons. The Kier molecular flexibility index (Phi) is 7.33. The lowest BCUT2D eigenvalue weighted by atomic mass is 9.99. The van der Waals surface area contributed by atoms with Crippen molar-refractivity contribution in [2.75, 3.05) is 13.7 Å². The second-order valence-electron chi connectivity index (χ2n) is 7.12. The largest absolute Gasteiger partial charge is 0.508 e. The summed E-state index contributed by atoms with van der Waals surface area (Å²) in [6, 6.07) is 8.27. The molecule has 1 fully saturated rings. The minimum absolute atomic E-state index is 0.0218. The number of benzene rings is 2. The fourth-order valence-electron chi connectivity index (χ4n) is 3.17. The van der Waals surface area contributed by atoms with E-state index in [1.165, 1.54) is 37.5 Å². The van der Waals surface area contributed by atoms with Crippen LogP contribution in [0, 0.1) is 0 Å². The van der Waals surface area contributed by atoms with Gasteiger partial charge in [-0.2, -0.15) is 0 Å². The molecule has 0 saturated carbocycles. The molecule has 1 saturated heterocycles. The van der Waals surface area contributed by atoms with Gasteiger partial charge in [0.05, 0.1) is 19.3 Å². The van der Waals surface area contributed by atoms with Gasteiger partial charge < -0.3 is 44.8 Å². The Morgan fingerprint density at radius 1 is 1.03 bits per heavy atom. The van der Waals surface area contributed by atoms with Crippen LogP contribution in [-0.2, 0) is 4.74 Å². The van der Waals surface area contributed by atoms with E-state index in [0.717, 1.165) is 6.07 Å². The number of carbonyl (C=O) groups excluding carboxylic acids is 1. The zero-order valence-electron chi connectivity index (χ0n) is 17.0. The minimum atomic E-state index is -1.58. The first kappa shape index (κ1) is 23.5. The van der Waals surface area contributed by atoms with E-state index in [1.807, 2.05) is 0 Å². The van der Waals surface area contributed by atoms with E-state index in [9.17, 15) is 35.4 Å². The molecule has 0 spiro atoms. The van der Waals surface area contributed by atoms with Crippen molar-refractivity contribution in [2.45, 2.75) is 30.7 Å². The highest BCUT2D eigenvalue weighted by Gasteiger charge is 2.44. The Bertz CT molecular complexity index is 987. The van der Waals surface area contributed by atoms with Gasteiger partial charge in [0.15, 0.2) is 17.3 Å². The first-order chi connectivity index (χ1) is 15.2. The van der Waals surface area contributed by atoms with Crippen molar-refractivity contribution in [3.8, 4) is 23.0 Å². The van der Waals surface area contributed by atoms with Crippen molar-refractivity contribution in [2.24, 2.45) is 0 Å². The number of aromatic hydroxyl groups is 2. The third kappa shape index (κ3) is 5.01. The highest BCUT2D eigenvalue weighted by atomic mass is 16.7. The quantitative estimate of drug-likeness (QED) is 0.254. The Labute approximate surface area is 183 Å². The standard InChI is InChI=1S/C22H24O10/c1-30-17-8-11(2-6-14(25)13-5-4-12(24)9-15(13)26)3-7-16(17)31-22-21(29)20(28)19(27)18(10-23)32-22/h2-9,18-24,26-29H,10H2,1H3/b6-2+/t18-,19-,20+,21-,22-/m1/s1.